The Kier molecular flexibility index (Phi) is 11.4. The van der Waals surface area contributed by atoms with E-state index in [0.29, 0.717) is 49.4 Å². The predicted molar refractivity (Wildman–Crippen MR) is 198 cm³/mol. The van der Waals surface area contributed by atoms with Gasteiger partial charge in [-0.2, -0.15) is 13.2 Å². The van der Waals surface area contributed by atoms with E-state index in [-0.39, 0.29) is 29.6 Å². The SMILES string of the molecule is Cc1cc(C(=O)N2CCN(c3ccc(C(=O)NS(=O)(=O)c4ccc(NCCSc5ccccc5)c(C(F)(F)F)c4)nn3)CC2)ccc1-c1cncc(O)c1. The topological polar surface area (TPSA) is 158 Å². The van der Waals surface area contributed by atoms with Gasteiger partial charge in [0.05, 0.1) is 16.7 Å². The molecule has 0 unspecified atom stereocenters. The van der Waals surface area contributed by atoms with Crippen molar-refractivity contribution < 1.29 is 36.3 Å². The lowest BCUT2D eigenvalue weighted by Gasteiger charge is -2.35. The summed E-state index contributed by atoms with van der Waals surface area (Å²) in [6.07, 6.45) is -1.90. The molecule has 1 aliphatic heterocycles. The standard InChI is InChI=1S/C37H34F3N7O5S2/c1-24-19-25(7-9-30(24)26-20-27(48)23-41-22-26)36(50)47-16-14-46(15-17-47)34-12-11-33(43-44-34)35(49)45-54(51,52)29-8-10-32(31(21-29)37(38,39)40)42-13-18-53-28-5-3-2-4-6-28/h2-12,19-23,42,48H,13-18H2,1H3,(H,45,49). The Morgan fingerprint density at radius 3 is 2.33 bits per heavy atom. The molecule has 12 nitrogen and oxygen atoms in total. The van der Waals surface area contributed by atoms with Gasteiger partial charge < -0.3 is 20.2 Å². The van der Waals surface area contributed by atoms with Crippen LogP contribution in [0.4, 0.5) is 24.7 Å². The second-order valence-corrected chi connectivity index (χ2v) is 15.1. The number of anilines is 2. The number of nitrogens with one attached hydrogen (secondary N) is 2. The van der Waals surface area contributed by atoms with Gasteiger partial charge in [-0.3, -0.25) is 14.6 Å². The van der Waals surface area contributed by atoms with Crippen molar-refractivity contribution in [2.24, 2.45) is 0 Å². The second-order valence-electron chi connectivity index (χ2n) is 12.2. The molecule has 3 aromatic carbocycles. The van der Waals surface area contributed by atoms with Gasteiger partial charge in [-0.05, 0) is 78.7 Å². The Bertz CT molecular complexity index is 2250. The first-order valence-corrected chi connectivity index (χ1v) is 19.1. The molecular formula is C37H34F3N7O5S2. The zero-order valence-corrected chi connectivity index (χ0v) is 30.4. The number of pyridine rings is 1. The van der Waals surface area contributed by atoms with E-state index in [9.17, 15) is 36.3 Å². The van der Waals surface area contributed by atoms with E-state index in [2.05, 4.69) is 20.5 Å². The van der Waals surface area contributed by atoms with Gasteiger partial charge in [0.25, 0.3) is 21.8 Å². The molecule has 3 N–H and O–H groups in total. The number of aromatic hydroxyl groups is 1. The fraction of sp³-hybridized carbons (Fsp3) is 0.216. The smallest absolute Gasteiger partial charge is 0.418 e. The summed E-state index contributed by atoms with van der Waals surface area (Å²) in [5, 5.41) is 20.4. The molecule has 3 heterocycles. The Hall–Kier alpha value is -5.68. The predicted octanol–water partition coefficient (Wildman–Crippen LogP) is 5.86. The van der Waals surface area contributed by atoms with Crippen LogP contribution in [0, 0.1) is 6.92 Å². The summed E-state index contributed by atoms with van der Waals surface area (Å²) in [4.78, 5) is 33.9. The fourth-order valence-corrected chi connectivity index (χ4v) is 7.59. The minimum absolute atomic E-state index is 0.0434. The Morgan fingerprint density at radius 1 is 0.907 bits per heavy atom. The second kappa shape index (κ2) is 16.1. The number of carbonyl (C=O) groups is 2. The number of piperazine rings is 1. The molecule has 2 amide bonds. The van der Waals surface area contributed by atoms with E-state index in [4.69, 9.17) is 0 Å². The number of alkyl halides is 3. The van der Waals surface area contributed by atoms with Crippen LogP contribution in [-0.4, -0.2) is 83.9 Å². The van der Waals surface area contributed by atoms with Crippen molar-refractivity contribution in [3.63, 3.8) is 0 Å². The van der Waals surface area contributed by atoms with Crippen LogP contribution in [0.1, 0.15) is 32.0 Å². The molecule has 0 aliphatic carbocycles. The minimum Gasteiger partial charge on any atom is -0.506 e. The minimum atomic E-state index is -4.87. The van der Waals surface area contributed by atoms with Crippen LogP contribution in [0.15, 0.2) is 107 Å². The van der Waals surface area contributed by atoms with Crippen molar-refractivity contribution >= 4 is 45.1 Å². The number of hydrogen-bond donors (Lipinski definition) is 3. The molecule has 0 saturated carbocycles. The lowest BCUT2D eigenvalue weighted by atomic mass is 9.99. The Labute approximate surface area is 313 Å². The van der Waals surface area contributed by atoms with E-state index >= 15 is 0 Å². The van der Waals surface area contributed by atoms with Gasteiger partial charge >= 0.3 is 6.18 Å². The molecule has 0 radical (unpaired) electrons. The third-order valence-electron chi connectivity index (χ3n) is 8.55. The number of benzene rings is 3. The lowest BCUT2D eigenvalue weighted by molar-refractivity contribution is -0.137. The third kappa shape index (κ3) is 9.09. The van der Waals surface area contributed by atoms with Crippen molar-refractivity contribution in [1.82, 2.24) is 24.8 Å². The first-order chi connectivity index (χ1) is 25.8. The molecule has 5 aromatic rings. The van der Waals surface area contributed by atoms with Crippen molar-refractivity contribution in [3.05, 3.63) is 120 Å². The number of nitrogens with zero attached hydrogens (tertiary/aromatic N) is 5. The first-order valence-electron chi connectivity index (χ1n) is 16.6. The van der Waals surface area contributed by atoms with Crippen LogP contribution < -0.4 is 14.9 Å². The zero-order valence-electron chi connectivity index (χ0n) is 28.7. The number of carbonyl (C=O) groups excluding carboxylic acids is 2. The first kappa shape index (κ1) is 38.1. The van der Waals surface area contributed by atoms with Crippen molar-refractivity contribution in [1.29, 1.82) is 0 Å². The summed E-state index contributed by atoms with van der Waals surface area (Å²) in [5.74, 6) is -0.420. The number of thioether (sulfide) groups is 1. The Morgan fingerprint density at radius 2 is 1.67 bits per heavy atom. The number of aromatic nitrogens is 3. The number of hydrogen-bond acceptors (Lipinski definition) is 11. The van der Waals surface area contributed by atoms with Crippen LogP contribution in [0.2, 0.25) is 0 Å². The summed E-state index contributed by atoms with van der Waals surface area (Å²) >= 11 is 1.45. The van der Waals surface area contributed by atoms with Crippen molar-refractivity contribution in [3.8, 4) is 16.9 Å². The summed E-state index contributed by atoms with van der Waals surface area (Å²) in [5.41, 5.74) is 1.09. The van der Waals surface area contributed by atoms with E-state index in [1.165, 1.54) is 30.1 Å². The Balaban J connectivity index is 1.04. The lowest BCUT2D eigenvalue weighted by Crippen LogP contribution is -2.49. The highest BCUT2D eigenvalue weighted by atomic mass is 32.2. The average Bonchev–Trinajstić information content (AvgIpc) is 3.16. The summed E-state index contributed by atoms with van der Waals surface area (Å²) in [6.45, 7) is 3.62. The molecule has 280 valence electrons. The number of halogens is 3. The maximum atomic E-state index is 14.0. The number of amides is 2. The molecule has 6 rings (SSSR count). The van der Waals surface area contributed by atoms with Gasteiger partial charge in [-0.1, -0.05) is 24.3 Å². The third-order valence-corrected chi connectivity index (χ3v) is 10.9. The number of aryl methyl sites for hydroxylation is 1. The van der Waals surface area contributed by atoms with Crippen LogP contribution >= 0.6 is 11.8 Å². The number of rotatable bonds is 11. The normalized spacial score (nSPS) is 13.4. The van der Waals surface area contributed by atoms with Gasteiger partial charge in [0.15, 0.2) is 11.5 Å². The molecular weight excluding hydrogens is 744 g/mol. The average molecular weight is 778 g/mol. The highest BCUT2D eigenvalue weighted by Crippen LogP contribution is 2.36. The fourth-order valence-electron chi connectivity index (χ4n) is 5.82. The van der Waals surface area contributed by atoms with Crippen molar-refractivity contribution in [2.45, 2.75) is 22.9 Å². The quantitative estimate of drug-likeness (QED) is 0.109. The highest BCUT2D eigenvalue weighted by Gasteiger charge is 2.35. The van der Waals surface area contributed by atoms with Crippen molar-refractivity contribution in [2.75, 3.05) is 48.7 Å². The number of sulfonamides is 1. The largest absolute Gasteiger partial charge is 0.506 e. The molecule has 1 saturated heterocycles. The molecule has 54 heavy (non-hydrogen) atoms. The van der Waals surface area contributed by atoms with Gasteiger partial charge in [0.2, 0.25) is 0 Å². The van der Waals surface area contributed by atoms with Gasteiger partial charge in [0, 0.05) is 66.4 Å². The molecule has 1 fully saturated rings. The maximum absolute atomic E-state index is 14.0. The summed E-state index contributed by atoms with van der Waals surface area (Å²) < 4.78 is 69.7. The van der Waals surface area contributed by atoms with Crippen LogP contribution in [0.3, 0.4) is 0 Å². The van der Waals surface area contributed by atoms with E-state index in [1.807, 2.05) is 48.2 Å². The molecule has 0 atom stereocenters. The molecule has 17 heteroatoms. The van der Waals surface area contributed by atoms with Gasteiger partial charge in [-0.15, -0.1) is 22.0 Å². The molecule has 2 aromatic heterocycles. The zero-order chi connectivity index (χ0) is 38.5. The van der Waals surface area contributed by atoms with Crippen LogP contribution in [0.25, 0.3) is 11.1 Å². The molecule has 1 aliphatic rings. The summed E-state index contributed by atoms with van der Waals surface area (Å²) in [7, 11) is -4.72. The van der Waals surface area contributed by atoms with Gasteiger partial charge in [0.1, 0.15) is 5.75 Å². The molecule has 0 spiro atoms. The van der Waals surface area contributed by atoms with E-state index in [1.54, 1.807) is 34.0 Å². The van der Waals surface area contributed by atoms with E-state index in [0.717, 1.165) is 33.7 Å². The highest BCUT2D eigenvalue weighted by molar-refractivity contribution is 7.99. The van der Waals surface area contributed by atoms with E-state index < -0.39 is 32.6 Å². The molecule has 0 bridgehead atoms. The van der Waals surface area contributed by atoms with Crippen LogP contribution in [-0.2, 0) is 16.2 Å². The monoisotopic (exact) mass is 777 g/mol. The van der Waals surface area contributed by atoms with Crippen LogP contribution in [0.5, 0.6) is 5.75 Å². The summed E-state index contributed by atoms with van der Waals surface area (Å²) in [6, 6.07) is 21.5. The van der Waals surface area contributed by atoms with Gasteiger partial charge in [-0.25, -0.2) is 13.1 Å². The maximum Gasteiger partial charge on any atom is 0.418 e.